The van der Waals surface area contributed by atoms with Gasteiger partial charge < -0.3 is 14.6 Å². The zero-order valence-electron chi connectivity index (χ0n) is 12.8. The Labute approximate surface area is 122 Å². The monoisotopic (exact) mass is 286 g/mol. The Morgan fingerprint density at radius 2 is 1.80 bits per heavy atom. The highest BCUT2D eigenvalue weighted by atomic mass is 16.5. The lowest BCUT2D eigenvalue weighted by atomic mass is 10.1. The van der Waals surface area contributed by atoms with Crippen LogP contribution in [0.25, 0.3) is 0 Å². The summed E-state index contributed by atoms with van der Waals surface area (Å²) in [4.78, 5) is 5.00. The summed E-state index contributed by atoms with van der Waals surface area (Å²) in [5, 5.41) is 9.96. The van der Waals surface area contributed by atoms with Gasteiger partial charge in [-0.2, -0.15) is 0 Å². The summed E-state index contributed by atoms with van der Waals surface area (Å²) in [5.41, 5.74) is 0. The lowest BCUT2D eigenvalue weighted by Crippen LogP contribution is -2.51. The van der Waals surface area contributed by atoms with E-state index < -0.39 is 0 Å². The number of nitrogens with zero attached hydrogens (tertiary/aromatic N) is 2. The van der Waals surface area contributed by atoms with Crippen molar-refractivity contribution in [2.24, 2.45) is 0 Å². The van der Waals surface area contributed by atoms with E-state index in [0.29, 0.717) is 19.8 Å². The van der Waals surface area contributed by atoms with Crippen molar-refractivity contribution in [3.8, 4) is 0 Å². The van der Waals surface area contributed by atoms with Crippen LogP contribution in [0.5, 0.6) is 0 Å². The highest BCUT2D eigenvalue weighted by Gasteiger charge is 2.26. The van der Waals surface area contributed by atoms with E-state index >= 15 is 0 Å². The van der Waals surface area contributed by atoms with Gasteiger partial charge in [0.2, 0.25) is 0 Å². The molecule has 20 heavy (non-hydrogen) atoms. The van der Waals surface area contributed by atoms with Crippen molar-refractivity contribution >= 4 is 0 Å². The molecule has 5 heteroatoms. The van der Waals surface area contributed by atoms with Gasteiger partial charge in [-0.15, -0.1) is 0 Å². The summed E-state index contributed by atoms with van der Waals surface area (Å²) in [5.74, 6) is 0. The third-order valence-electron chi connectivity index (χ3n) is 4.46. The summed E-state index contributed by atoms with van der Waals surface area (Å²) >= 11 is 0. The molecule has 1 N–H and O–H groups in total. The first kappa shape index (κ1) is 16.2. The molecule has 1 saturated carbocycles. The van der Waals surface area contributed by atoms with Gasteiger partial charge in [-0.25, -0.2) is 0 Å². The number of aliphatic hydroxyl groups is 1. The zero-order valence-corrected chi connectivity index (χ0v) is 12.8. The normalized spacial score (nSPS) is 24.3. The first-order chi connectivity index (χ1) is 9.79. The summed E-state index contributed by atoms with van der Waals surface area (Å²) < 4.78 is 10.3. The fourth-order valence-corrected chi connectivity index (χ4v) is 3.29. The average molecular weight is 286 g/mol. The molecule has 0 aromatic heterocycles. The molecule has 1 heterocycles. The van der Waals surface area contributed by atoms with Gasteiger partial charge in [-0.3, -0.25) is 9.80 Å². The van der Waals surface area contributed by atoms with Gasteiger partial charge in [0.05, 0.1) is 25.9 Å². The van der Waals surface area contributed by atoms with Gasteiger partial charge in [0, 0.05) is 45.9 Å². The Hall–Kier alpha value is -0.200. The van der Waals surface area contributed by atoms with Crippen molar-refractivity contribution < 1.29 is 14.6 Å². The van der Waals surface area contributed by atoms with Crippen LogP contribution in [0.1, 0.15) is 25.7 Å². The van der Waals surface area contributed by atoms with E-state index in [9.17, 15) is 5.11 Å². The highest BCUT2D eigenvalue weighted by molar-refractivity contribution is 4.82. The standard InChI is InChI=1S/C15H30N2O3/c1-19-10-11-20-13-15(18)12-16-6-8-17(9-7-16)14-4-2-3-5-14/h14-15,18H,2-13H2,1H3. The van der Waals surface area contributed by atoms with Crippen LogP contribution in [-0.2, 0) is 9.47 Å². The Bertz CT molecular complexity index is 252. The molecule has 2 aliphatic rings. The number of rotatable bonds is 8. The van der Waals surface area contributed by atoms with Crippen LogP contribution in [0.15, 0.2) is 0 Å². The van der Waals surface area contributed by atoms with Crippen LogP contribution in [0.2, 0.25) is 0 Å². The second-order valence-corrected chi connectivity index (χ2v) is 6.00. The third kappa shape index (κ3) is 5.30. The van der Waals surface area contributed by atoms with E-state index in [-0.39, 0.29) is 6.10 Å². The van der Waals surface area contributed by atoms with Crippen LogP contribution in [0, 0.1) is 0 Å². The highest BCUT2D eigenvalue weighted by Crippen LogP contribution is 2.24. The van der Waals surface area contributed by atoms with E-state index in [0.717, 1.165) is 38.8 Å². The molecule has 1 aliphatic heterocycles. The van der Waals surface area contributed by atoms with E-state index in [1.165, 1.54) is 25.7 Å². The van der Waals surface area contributed by atoms with Crippen LogP contribution < -0.4 is 0 Å². The second kappa shape index (κ2) is 8.95. The molecule has 1 unspecified atom stereocenters. The van der Waals surface area contributed by atoms with Crippen LogP contribution in [0.4, 0.5) is 0 Å². The summed E-state index contributed by atoms with van der Waals surface area (Å²) in [6, 6.07) is 0.833. The van der Waals surface area contributed by atoms with Gasteiger partial charge in [0.15, 0.2) is 0 Å². The molecule has 2 rings (SSSR count). The second-order valence-electron chi connectivity index (χ2n) is 6.00. The topological polar surface area (TPSA) is 45.2 Å². The number of aliphatic hydroxyl groups excluding tert-OH is 1. The van der Waals surface area contributed by atoms with Crippen LogP contribution >= 0.6 is 0 Å². The maximum absolute atomic E-state index is 9.96. The lowest BCUT2D eigenvalue weighted by molar-refractivity contribution is -0.00918. The molecule has 0 bridgehead atoms. The summed E-state index contributed by atoms with van der Waals surface area (Å²) in [7, 11) is 1.66. The van der Waals surface area contributed by atoms with Crippen LogP contribution in [-0.4, -0.2) is 86.7 Å². The van der Waals surface area contributed by atoms with Gasteiger partial charge >= 0.3 is 0 Å². The van der Waals surface area contributed by atoms with E-state index in [1.54, 1.807) is 7.11 Å². The molecular weight excluding hydrogens is 256 g/mol. The Morgan fingerprint density at radius 3 is 2.45 bits per heavy atom. The maximum atomic E-state index is 9.96. The maximum Gasteiger partial charge on any atom is 0.0900 e. The minimum Gasteiger partial charge on any atom is -0.389 e. The third-order valence-corrected chi connectivity index (χ3v) is 4.46. The van der Waals surface area contributed by atoms with Crippen molar-refractivity contribution in [3.05, 3.63) is 0 Å². The van der Waals surface area contributed by atoms with Crippen molar-refractivity contribution in [3.63, 3.8) is 0 Å². The van der Waals surface area contributed by atoms with E-state index in [2.05, 4.69) is 9.80 Å². The number of hydrogen-bond donors (Lipinski definition) is 1. The number of methoxy groups -OCH3 is 1. The molecule has 0 aromatic carbocycles. The van der Waals surface area contributed by atoms with Crippen molar-refractivity contribution in [1.29, 1.82) is 0 Å². The Balaban J connectivity index is 1.56. The molecule has 0 radical (unpaired) electrons. The zero-order chi connectivity index (χ0) is 14.2. The van der Waals surface area contributed by atoms with Crippen LogP contribution in [0.3, 0.4) is 0 Å². The quantitative estimate of drug-likeness (QED) is 0.661. The predicted molar refractivity (Wildman–Crippen MR) is 79.0 cm³/mol. The number of β-amino-alcohol motifs (C(OH)–C–C–N with tert-alkyl or cyclic N) is 1. The van der Waals surface area contributed by atoms with E-state index in [4.69, 9.17) is 9.47 Å². The summed E-state index contributed by atoms with van der Waals surface area (Å²) in [6.45, 7) is 6.74. The molecule has 0 aromatic rings. The largest absolute Gasteiger partial charge is 0.389 e. The first-order valence-corrected chi connectivity index (χ1v) is 8.00. The minimum absolute atomic E-state index is 0.384. The van der Waals surface area contributed by atoms with Crippen molar-refractivity contribution in [1.82, 2.24) is 9.80 Å². The fourth-order valence-electron chi connectivity index (χ4n) is 3.29. The van der Waals surface area contributed by atoms with Gasteiger partial charge in [-0.1, -0.05) is 12.8 Å². The molecule has 5 nitrogen and oxygen atoms in total. The predicted octanol–water partition coefficient (Wildman–Crippen LogP) is 0.571. The molecule has 2 fully saturated rings. The molecule has 1 saturated heterocycles. The Kier molecular flexibility index (Phi) is 7.24. The molecule has 118 valence electrons. The molecular formula is C15H30N2O3. The minimum atomic E-state index is -0.384. The molecule has 1 atom stereocenters. The number of hydrogen-bond acceptors (Lipinski definition) is 5. The van der Waals surface area contributed by atoms with Gasteiger partial charge in [-0.05, 0) is 12.8 Å². The first-order valence-electron chi connectivity index (χ1n) is 8.00. The van der Waals surface area contributed by atoms with Gasteiger partial charge in [0.1, 0.15) is 0 Å². The SMILES string of the molecule is COCCOCC(O)CN1CCN(C2CCCC2)CC1. The van der Waals surface area contributed by atoms with Crippen molar-refractivity contribution in [2.45, 2.75) is 37.8 Å². The average Bonchev–Trinajstić information content (AvgIpc) is 2.99. The molecule has 0 amide bonds. The molecule has 0 spiro atoms. The number of piperazine rings is 1. The molecule has 1 aliphatic carbocycles. The summed E-state index contributed by atoms with van der Waals surface area (Å²) in [6.07, 6.45) is 5.20. The smallest absolute Gasteiger partial charge is 0.0900 e. The Morgan fingerprint density at radius 1 is 1.10 bits per heavy atom. The fraction of sp³-hybridized carbons (Fsp3) is 1.00. The van der Waals surface area contributed by atoms with Gasteiger partial charge in [0.25, 0.3) is 0 Å². The lowest BCUT2D eigenvalue weighted by Gasteiger charge is -2.38. The van der Waals surface area contributed by atoms with Crippen molar-refractivity contribution in [2.75, 3.05) is 59.7 Å². The van der Waals surface area contributed by atoms with E-state index in [1.807, 2.05) is 0 Å². The number of ether oxygens (including phenoxy) is 2.